The summed E-state index contributed by atoms with van der Waals surface area (Å²) >= 11 is 0. The van der Waals surface area contributed by atoms with Crippen molar-refractivity contribution in [2.45, 2.75) is 12.5 Å². The first-order valence-electron chi connectivity index (χ1n) is 5.44. The minimum absolute atomic E-state index is 0.136. The normalized spacial score (nSPS) is 16.2. The van der Waals surface area contributed by atoms with Crippen molar-refractivity contribution in [2.24, 2.45) is 0 Å². The number of sulfonamides is 1. The summed E-state index contributed by atoms with van der Waals surface area (Å²) in [4.78, 5) is 10.4. The highest BCUT2D eigenvalue weighted by atomic mass is 32.2. The topological polar surface area (TPSA) is 113 Å². The van der Waals surface area contributed by atoms with Gasteiger partial charge in [-0.15, -0.1) is 0 Å². The number of hydrogen-bond donors (Lipinski definition) is 3. The number of hydrogen-bond acceptors (Lipinski definition) is 5. The Balaban J connectivity index is 2.04. The maximum absolute atomic E-state index is 11.7. The average molecular weight is 274 g/mol. The van der Waals surface area contributed by atoms with Crippen LogP contribution in [0.25, 0.3) is 0 Å². The summed E-state index contributed by atoms with van der Waals surface area (Å²) in [6.07, 6.45) is 1.09. The van der Waals surface area contributed by atoms with Crippen LogP contribution in [0.15, 0.2) is 12.3 Å². The van der Waals surface area contributed by atoms with E-state index in [9.17, 15) is 13.2 Å². The van der Waals surface area contributed by atoms with Crippen LogP contribution in [0.5, 0.6) is 0 Å². The van der Waals surface area contributed by atoms with Gasteiger partial charge in [0.05, 0.1) is 24.4 Å². The Bertz CT molecular complexity index is 535. The molecule has 0 aromatic carbocycles. The molecular weight excluding hydrogens is 260 g/mol. The number of carboxylic acid groups (broad SMARTS) is 1. The molecule has 0 atom stereocenters. The van der Waals surface area contributed by atoms with Gasteiger partial charge < -0.3 is 10.4 Å². The van der Waals surface area contributed by atoms with Gasteiger partial charge in [-0.3, -0.25) is 9.52 Å². The van der Waals surface area contributed by atoms with Crippen molar-refractivity contribution < 1.29 is 18.3 Å². The fourth-order valence-electron chi connectivity index (χ4n) is 1.56. The first kappa shape index (κ1) is 12.8. The van der Waals surface area contributed by atoms with Crippen molar-refractivity contribution in [1.29, 1.82) is 0 Å². The van der Waals surface area contributed by atoms with E-state index in [0.29, 0.717) is 5.82 Å². The molecule has 2 rings (SSSR count). The second-order valence-corrected chi connectivity index (χ2v) is 5.88. The Hall–Kier alpha value is -1.61. The van der Waals surface area contributed by atoms with E-state index in [-0.39, 0.29) is 6.04 Å². The first-order chi connectivity index (χ1) is 8.48. The Morgan fingerprint density at radius 2 is 2.33 bits per heavy atom. The second kappa shape index (κ2) is 4.94. The highest BCUT2D eigenvalue weighted by molar-refractivity contribution is 7.92. The molecule has 1 aromatic rings. The number of carbonyl (C=O) groups is 1. The number of carboxylic acids is 1. The molecule has 1 fully saturated rings. The van der Waals surface area contributed by atoms with E-state index < -0.39 is 28.2 Å². The Kier molecular flexibility index (Phi) is 3.53. The highest BCUT2D eigenvalue weighted by Gasteiger charge is 2.23. The SMILES string of the molecule is O=C(O)CCS(=O)(=O)Nc1ccnn1C1CNC1. The molecule has 2 heterocycles. The van der Waals surface area contributed by atoms with E-state index in [1.165, 1.54) is 6.20 Å². The quantitative estimate of drug-likeness (QED) is 0.628. The molecule has 3 N–H and O–H groups in total. The van der Waals surface area contributed by atoms with Gasteiger partial charge >= 0.3 is 5.97 Å². The van der Waals surface area contributed by atoms with E-state index in [2.05, 4.69) is 15.1 Å². The van der Waals surface area contributed by atoms with Crippen LogP contribution in [0, 0.1) is 0 Å². The van der Waals surface area contributed by atoms with Gasteiger partial charge in [0.25, 0.3) is 0 Å². The molecule has 18 heavy (non-hydrogen) atoms. The van der Waals surface area contributed by atoms with Gasteiger partial charge in [0.1, 0.15) is 5.82 Å². The third-order valence-electron chi connectivity index (χ3n) is 2.62. The fourth-order valence-corrected chi connectivity index (χ4v) is 2.59. The molecule has 0 spiro atoms. The van der Waals surface area contributed by atoms with Gasteiger partial charge in [0.15, 0.2) is 0 Å². The summed E-state index contributed by atoms with van der Waals surface area (Å²) in [6, 6.07) is 1.69. The zero-order valence-corrected chi connectivity index (χ0v) is 10.4. The predicted molar refractivity (Wildman–Crippen MR) is 63.8 cm³/mol. The molecule has 100 valence electrons. The molecule has 1 aliphatic rings. The zero-order valence-electron chi connectivity index (χ0n) is 9.54. The van der Waals surface area contributed by atoms with Gasteiger partial charge in [-0.1, -0.05) is 0 Å². The lowest BCUT2D eigenvalue weighted by Gasteiger charge is -2.28. The second-order valence-electron chi connectivity index (χ2n) is 4.04. The molecule has 0 amide bonds. The predicted octanol–water partition coefficient (Wildman–Crippen LogP) is -0.756. The van der Waals surface area contributed by atoms with Gasteiger partial charge in [-0.2, -0.15) is 5.10 Å². The van der Waals surface area contributed by atoms with Crippen molar-refractivity contribution in [3.8, 4) is 0 Å². The summed E-state index contributed by atoms with van der Waals surface area (Å²) < 4.78 is 27.2. The molecule has 1 aromatic heterocycles. The number of aliphatic carboxylic acids is 1. The molecule has 0 saturated carbocycles. The molecule has 9 heteroatoms. The average Bonchev–Trinajstić information content (AvgIpc) is 2.60. The van der Waals surface area contributed by atoms with Crippen molar-refractivity contribution in [3.05, 3.63) is 12.3 Å². The number of anilines is 1. The number of rotatable bonds is 6. The van der Waals surface area contributed by atoms with Crippen molar-refractivity contribution in [1.82, 2.24) is 15.1 Å². The summed E-state index contributed by atoms with van der Waals surface area (Å²) in [5, 5.41) is 15.6. The van der Waals surface area contributed by atoms with E-state index in [1.54, 1.807) is 10.7 Å². The zero-order chi connectivity index (χ0) is 13.2. The van der Waals surface area contributed by atoms with Gasteiger partial charge in [-0.25, -0.2) is 13.1 Å². The van der Waals surface area contributed by atoms with E-state index in [4.69, 9.17) is 5.11 Å². The minimum Gasteiger partial charge on any atom is -0.481 e. The maximum Gasteiger partial charge on any atom is 0.304 e. The van der Waals surface area contributed by atoms with Crippen LogP contribution in [-0.4, -0.2) is 48.1 Å². The van der Waals surface area contributed by atoms with Crippen molar-refractivity contribution in [2.75, 3.05) is 23.6 Å². The first-order valence-corrected chi connectivity index (χ1v) is 7.10. The van der Waals surface area contributed by atoms with Gasteiger partial charge in [0, 0.05) is 19.2 Å². The molecule has 1 saturated heterocycles. The molecular formula is C9H14N4O4S. The highest BCUT2D eigenvalue weighted by Crippen LogP contribution is 2.18. The van der Waals surface area contributed by atoms with Crippen LogP contribution < -0.4 is 10.0 Å². The summed E-state index contributed by atoms with van der Waals surface area (Å²) in [5.41, 5.74) is 0. The molecule has 0 aliphatic carbocycles. The number of nitrogens with zero attached hydrogens (tertiary/aromatic N) is 2. The smallest absolute Gasteiger partial charge is 0.304 e. The lowest BCUT2D eigenvalue weighted by atomic mass is 10.2. The number of aromatic nitrogens is 2. The van der Waals surface area contributed by atoms with Gasteiger partial charge in [-0.05, 0) is 0 Å². The lowest BCUT2D eigenvalue weighted by Crippen LogP contribution is -2.44. The summed E-state index contributed by atoms with van der Waals surface area (Å²) in [7, 11) is -3.65. The van der Waals surface area contributed by atoms with Crippen molar-refractivity contribution in [3.63, 3.8) is 0 Å². The maximum atomic E-state index is 11.7. The van der Waals surface area contributed by atoms with Gasteiger partial charge in [0.2, 0.25) is 10.0 Å². The third-order valence-corrected chi connectivity index (χ3v) is 3.88. The lowest BCUT2D eigenvalue weighted by molar-refractivity contribution is -0.136. The Labute approximate surface area is 104 Å². The summed E-state index contributed by atoms with van der Waals surface area (Å²) in [6.45, 7) is 1.48. The molecule has 1 aliphatic heterocycles. The largest absolute Gasteiger partial charge is 0.481 e. The third kappa shape index (κ3) is 2.99. The summed E-state index contributed by atoms with van der Waals surface area (Å²) in [5.74, 6) is -1.22. The monoisotopic (exact) mass is 274 g/mol. The van der Waals surface area contributed by atoms with Crippen LogP contribution in [0.3, 0.4) is 0 Å². The molecule has 0 radical (unpaired) electrons. The van der Waals surface area contributed by atoms with Crippen LogP contribution in [0.4, 0.5) is 5.82 Å². The van der Waals surface area contributed by atoms with E-state index >= 15 is 0 Å². The molecule has 0 bridgehead atoms. The van der Waals surface area contributed by atoms with Crippen LogP contribution in [-0.2, 0) is 14.8 Å². The Morgan fingerprint density at radius 3 is 2.89 bits per heavy atom. The van der Waals surface area contributed by atoms with E-state index in [0.717, 1.165) is 13.1 Å². The minimum atomic E-state index is -3.65. The van der Waals surface area contributed by atoms with Crippen molar-refractivity contribution >= 4 is 21.8 Å². The standard InChI is InChI=1S/C9H14N4O4S/c14-9(15)2-4-18(16,17)12-8-1-3-11-13(8)7-5-10-6-7/h1,3,7,10,12H,2,4-6H2,(H,14,15). The number of nitrogens with one attached hydrogen (secondary N) is 2. The fraction of sp³-hybridized carbons (Fsp3) is 0.556. The Morgan fingerprint density at radius 1 is 1.61 bits per heavy atom. The molecule has 8 nitrogen and oxygen atoms in total. The van der Waals surface area contributed by atoms with Crippen LogP contribution in [0.2, 0.25) is 0 Å². The van der Waals surface area contributed by atoms with E-state index in [1.807, 2.05) is 0 Å². The molecule has 0 unspecified atom stereocenters. The van der Waals surface area contributed by atoms with Crippen LogP contribution >= 0.6 is 0 Å². The van der Waals surface area contributed by atoms with Crippen LogP contribution in [0.1, 0.15) is 12.5 Å².